The zero-order valence-corrected chi connectivity index (χ0v) is 10.1. The van der Waals surface area contributed by atoms with Crippen LogP contribution in [0.3, 0.4) is 0 Å². The van der Waals surface area contributed by atoms with Crippen molar-refractivity contribution in [2.45, 2.75) is 32.3 Å². The molecule has 2 heteroatoms. The molecule has 0 aliphatic heterocycles. The minimum atomic E-state index is -1.28. The summed E-state index contributed by atoms with van der Waals surface area (Å²) < 4.78 is 0. The van der Waals surface area contributed by atoms with Gasteiger partial charge < -0.3 is 5.11 Å². The van der Waals surface area contributed by atoms with Gasteiger partial charge in [0.1, 0.15) is 5.60 Å². The quantitative estimate of drug-likeness (QED) is 0.529. The Kier molecular flexibility index (Phi) is 6.35. The molecule has 0 amide bonds. The first kappa shape index (κ1) is 14.6. The molecule has 0 radical (unpaired) electrons. The zero-order chi connectivity index (χ0) is 12.6. The summed E-state index contributed by atoms with van der Waals surface area (Å²) in [6.07, 6.45) is 8.82. The molecule has 0 rings (SSSR count). The van der Waals surface area contributed by atoms with E-state index in [1.165, 1.54) is 6.08 Å². The zero-order valence-electron chi connectivity index (χ0n) is 10.1. The minimum absolute atomic E-state index is 0.268. The largest absolute Gasteiger partial charge is 0.382 e. The maximum absolute atomic E-state index is 12.1. The van der Waals surface area contributed by atoms with Crippen LogP contribution in [0.4, 0.5) is 0 Å². The molecule has 2 nitrogen and oxygen atoms in total. The summed E-state index contributed by atoms with van der Waals surface area (Å²) >= 11 is 0. The summed E-state index contributed by atoms with van der Waals surface area (Å²) in [5, 5.41) is 10.1. The van der Waals surface area contributed by atoms with Gasteiger partial charge in [0, 0.05) is 5.57 Å². The topological polar surface area (TPSA) is 37.3 Å². The minimum Gasteiger partial charge on any atom is -0.382 e. The Labute approximate surface area is 97.7 Å². The molecule has 0 heterocycles. The van der Waals surface area contributed by atoms with Gasteiger partial charge in [-0.2, -0.15) is 0 Å². The molecule has 0 unspecified atom stereocenters. The smallest absolute Gasteiger partial charge is 0.194 e. The molecular weight excluding hydrogens is 200 g/mol. The molecule has 0 aliphatic rings. The number of hydrogen-bond donors (Lipinski definition) is 1. The van der Waals surface area contributed by atoms with Gasteiger partial charge in [-0.25, -0.2) is 0 Å². The van der Waals surface area contributed by atoms with E-state index in [9.17, 15) is 9.90 Å². The van der Waals surface area contributed by atoms with E-state index in [0.29, 0.717) is 18.4 Å². The van der Waals surface area contributed by atoms with Gasteiger partial charge in [-0.15, -0.1) is 0 Å². The Morgan fingerprint density at radius 3 is 2.19 bits per heavy atom. The number of carbonyl (C=O) groups excluding carboxylic acids is 1. The van der Waals surface area contributed by atoms with Crippen LogP contribution in [0, 0.1) is 0 Å². The molecule has 0 atom stereocenters. The number of carbonyl (C=O) groups is 1. The second-order valence-electron chi connectivity index (χ2n) is 3.52. The number of aliphatic hydroxyl groups is 1. The lowest BCUT2D eigenvalue weighted by Crippen LogP contribution is -2.37. The van der Waals surface area contributed by atoms with E-state index >= 15 is 0 Å². The molecule has 0 aliphatic carbocycles. The monoisotopic (exact) mass is 220 g/mol. The maximum Gasteiger partial charge on any atom is 0.194 e. The van der Waals surface area contributed by atoms with E-state index in [4.69, 9.17) is 0 Å². The Hall–Kier alpha value is -1.41. The fraction of sp³-hybridized carbons (Fsp3) is 0.357. The molecular formula is C14H20O2. The lowest BCUT2D eigenvalue weighted by molar-refractivity contribution is -0.133. The van der Waals surface area contributed by atoms with Crippen molar-refractivity contribution in [2.24, 2.45) is 0 Å². The third kappa shape index (κ3) is 3.63. The standard InChI is InChI=1S/C14H20O2/c1-5-9-11-12(10-6-2)13(15)14(16,7-3)8-4/h5-6,9-11,16H,1-2,7-8H2,3-4H3/b11-9-,12-10+. The second kappa shape index (κ2) is 6.96. The van der Waals surface area contributed by atoms with Crippen LogP contribution in [0.2, 0.25) is 0 Å². The number of allylic oxidation sites excluding steroid dienone is 5. The second-order valence-corrected chi connectivity index (χ2v) is 3.52. The van der Waals surface area contributed by atoms with Crippen LogP contribution >= 0.6 is 0 Å². The van der Waals surface area contributed by atoms with Crippen molar-refractivity contribution >= 4 is 5.78 Å². The molecule has 16 heavy (non-hydrogen) atoms. The third-order valence-corrected chi connectivity index (χ3v) is 2.56. The fourth-order valence-corrected chi connectivity index (χ4v) is 1.35. The summed E-state index contributed by atoms with van der Waals surface area (Å²) in [6, 6.07) is 0. The Morgan fingerprint density at radius 1 is 1.25 bits per heavy atom. The van der Waals surface area contributed by atoms with Gasteiger partial charge in [0.2, 0.25) is 0 Å². The van der Waals surface area contributed by atoms with Gasteiger partial charge in [-0.05, 0) is 12.8 Å². The Balaban J connectivity index is 5.16. The van der Waals surface area contributed by atoms with Gasteiger partial charge in [0.05, 0.1) is 0 Å². The Bertz CT molecular complexity index is 318. The summed E-state index contributed by atoms with van der Waals surface area (Å²) in [4.78, 5) is 12.1. The van der Waals surface area contributed by atoms with Gasteiger partial charge in [0.15, 0.2) is 5.78 Å². The first-order valence-corrected chi connectivity index (χ1v) is 5.44. The van der Waals surface area contributed by atoms with Crippen LogP contribution in [0.15, 0.2) is 49.1 Å². The van der Waals surface area contributed by atoms with Crippen molar-refractivity contribution in [3.05, 3.63) is 49.1 Å². The van der Waals surface area contributed by atoms with Crippen molar-refractivity contribution in [3.63, 3.8) is 0 Å². The van der Waals surface area contributed by atoms with Crippen molar-refractivity contribution in [1.29, 1.82) is 0 Å². The summed E-state index contributed by atoms with van der Waals surface area (Å²) in [5.74, 6) is -0.268. The van der Waals surface area contributed by atoms with Crippen LogP contribution < -0.4 is 0 Å². The number of hydrogen-bond acceptors (Lipinski definition) is 2. The van der Waals surface area contributed by atoms with Crippen molar-refractivity contribution in [3.8, 4) is 0 Å². The predicted molar refractivity (Wildman–Crippen MR) is 68.2 cm³/mol. The van der Waals surface area contributed by atoms with E-state index in [1.54, 1.807) is 38.2 Å². The summed E-state index contributed by atoms with van der Waals surface area (Å²) in [6.45, 7) is 10.7. The predicted octanol–water partition coefficient (Wildman–Crippen LogP) is 2.96. The SMILES string of the molecule is C=C/C=C\C(=C/C=C)C(=O)C(O)(CC)CC. The number of ketones is 1. The number of rotatable bonds is 7. The molecule has 0 bridgehead atoms. The maximum atomic E-state index is 12.1. The summed E-state index contributed by atoms with van der Waals surface area (Å²) in [5.41, 5.74) is -0.832. The van der Waals surface area contributed by atoms with Crippen LogP contribution in [0.5, 0.6) is 0 Å². The van der Waals surface area contributed by atoms with Crippen LogP contribution in [0.25, 0.3) is 0 Å². The third-order valence-electron chi connectivity index (χ3n) is 2.56. The fourth-order valence-electron chi connectivity index (χ4n) is 1.35. The first-order chi connectivity index (χ1) is 7.55. The highest BCUT2D eigenvalue weighted by molar-refractivity contribution is 6.04. The molecule has 88 valence electrons. The highest BCUT2D eigenvalue weighted by Crippen LogP contribution is 2.21. The van der Waals surface area contributed by atoms with Crippen molar-refractivity contribution < 1.29 is 9.90 Å². The van der Waals surface area contributed by atoms with E-state index in [0.717, 1.165) is 0 Å². The van der Waals surface area contributed by atoms with Gasteiger partial charge >= 0.3 is 0 Å². The molecule has 1 N–H and O–H groups in total. The molecule has 0 fully saturated rings. The van der Waals surface area contributed by atoms with Crippen LogP contribution in [-0.4, -0.2) is 16.5 Å². The van der Waals surface area contributed by atoms with Gasteiger partial charge in [-0.3, -0.25) is 4.79 Å². The lowest BCUT2D eigenvalue weighted by Gasteiger charge is -2.23. The summed E-state index contributed by atoms with van der Waals surface area (Å²) in [7, 11) is 0. The molecule has 0 aromatic rings. The molecule has 0 saturated carbocycles. The highest BCUT2D eigenvalue weighted by atomic mass is 16.3. The van der Waals surface area contributed by atoms with Crippen LogP contribution in [0.1, 0.15) is 26.7 Å². The van der Waals surface area contributed by atoms with E-state index in [-0.39, 0.29) is 5.78 Å². The lowest BCUT2D eigenvalue weighted by atomic mass is 9.87. The first-order valence-electron chi connectivity index (χ1n) is 5.44. The highest BCUT2D eigenvalue weighted by Gasteiger charge is 2.32. The average molecular weight is 220 g/mol. The normalized spacial score (nSPS) is 12.8. The van der Waals surface area contributed by atoms with Gasteiger partial charge in [0.25, 0.3) is 0 Å². The van der Waals surface area contributed by atoms with E-state index in [2.05, 4.69) is 13.2 Å². The molecule has 0 aromatic heterocycles. The molecule has 0 spiro atoms. The molecule has 0 saturated heterocycles. The van der Waals surface area contributed by atoms with Crippen molar-refractivity contribution in [2.75, 3.05) is 0 Å². The number of Topliss-reactive ketones (excluding diaryl/α,β-unsaturated/α-hetero) is 1. The Morgan fingerprint density at radius 2 is 1.81 bits per heavy atom. The van der Waals surface area contributed by atoms with E-state index in [1.807, 2.05) is 0 Å². The van der Waals surface area contributed by atoms with Crippen LogP contribution in [-0.2, 0) is 4.79 Å². The average Bonchev–Trinajstić information content (AvgIpc) is 2.32. The molecule has 0 aromatic carbocycles. The van der Waals surface area contributed by atoms with Crippen molar-refractivity contribution in [1.82, 2.24) is 0 Å². The van der Waals surface area contributed by atoms with E-state index < -0.39 is 5.60 Å². The van der Waals surface area contributed by atoms with Gasteiger partial charge in [-0.1, -0.05) is 57.4 Å².